The fourth-order valence-electron chi connectivity index (χ4n) is 2.56. The first kappa shape index (κ1) is 13.6. The van der Waals surface area contributed by atoms with Crippen LogP contribution in [0.25, 0.3) is 0 Å². The van der Waals surface area contributed by atoms with Crippen molar-refractivity contribution in [1.29, 1.82) is 0 Å². The van der Waals surface area contributed by atoms with Gasteiger partial charge in [0, 0.05) is 37.6 Å². The Morgan fingerprint density at radius 2 is 2.50 bits per heavy atom. The number of nitrogens with one attached hydrogen (secondary N) is 1. The largest absolute Gasteiger partial charge is 0.376 e. The number of carbonyl (C=O) groups excluding carboxylic acids is 1. The average Bonchev–Trinajstić information content (AvgIpc) is 3.07. The van der Waals surface area contributed by atoms with Gasteiger partial charge in [0.05, 0.1) is 12.1 Å². The van der Waals surface area contributed by atoms with Crippen LogP contribution in [0.3, 0.4) is 0 Å². The summed E-state index contributed by atoms with van der Waals surface area (Å²) >= 11 is 1.52. The lowest BCUT2D eigenvalue weighted by molar-refractivity contribution is -0.122. The molecular formula is C13H17N3O3S. The van der Waals surface area contributed by atoms with E-state index >= 15 is 0 Å². The highest BCUT2D eigenvalue weighted by Gasteiger charge is 2.27. The van der Waals surface area contributed by atoms with E-state index in [1.54, 1.807) is 4.57 Å². The van der Waals surface area contributed by atoms with E-state index in [0.29, 0.717) is 18.1 Å². The Balaban J connectivity index is 1.57. The van der Waals surface area contributed by atoms with Crippen molar-refractivity contribution in [3.63, 3.8) is 0 Å². The Labute approximate surface area is 120 Å². The number of hydrogen-bond donors (Lipinski definition) is 1. The van der Waals surface area contributed by atoms with E-state index < -0.39 is 0 Å². The average molecular weight is 295 g/mol. The molecule has 0 aliphatic carbocycles. The topological polar surface area (TPSA) is 73.2 Å². The maximum absolute atomic E-state index is 12.0. The van der Waals surface area contributed by atoms with Gasteiger partial charge in [-0.05, 0) is 12.8 Å². The lowest BCUT2D eigenvalue weighted by Crippen LogP contribution is -2.34. The van der Waals surface area contributed by atoms with Crippen LogP contribution < -0.4 is 10.9 Å². The predicted molar refractivity (Wildman–Crippen MR) is 74.9 cm³/mol. The van der Waals surface area contributed by atoms with E-state index in [4.69, 9.17) is 4.74 Å². The molecule has 3 heterocycles. The summed E-state index contributed by atoms with van der Waals surface area (Å²) < 4.78 is 7.09. The second-order valence-corrected chi connectivity index (χ2v) is 6.03. The standard InChI is InChI=1S/C13H17N3O3S/c17-11(15-7-10-2-1-5-19-10)6-9-8-20-13-14-4-3-12(18)16(9)13/h3-4,9-10H,1-2,5-8H2,(H,15,17). The molecule has 0 saturated carbocycles. The minimum absolute atomic E-state index is 0.0327. The first-order valence-electron chi connectivity index (χ1n) is 6.82. The highest BCUT2D eigenvalue weighted by Crippen LogP contribution is 2.31. The lowest BCUT2D eigenvalue weighted by atomic mass is 10.2. The van der Waals surface area contributed by atoms with Crippen molar-refractivity contribution in [2.75, 3.05) is 18.9 Å². The third kappa shape index (κ3) is 2.88. The third-order valence-electron chi connectivity index (χ3n) is 3.59. The number of amides is 1. The Morgan fingerprint density at radius 3 is 3.30 bits per heavy atom. The Kier molecular flexibility index (Phi) is 4.07. The van der Waals surface area contributed by atoms with Gasteiger partial charge >= 0.3 is 0 Å². The minimum Gasteiger partial charge on any atom is -0.376 e. The summed E-state index contributed by atoms with van der Waals surface area (Å²) in [5.41, 5.74) is -0.0862. The van der Waals surface area contributed by atoms with Gasteiger partial charge in [-0.1, -0.05) is 11.8 Å². The van der Waals surface area contributed by atoms with Crippen LogP contribution >= 0.6 is 11.8 Å². The molecule has 0 radical (unpaired) electrons. The zero-order chi connectivity index (χ0) is 13.9. The maximum atomic E-state index is 12.0. The highest BCUT2D eigenvalue weighted by atomic mass is 32.2. The molecular weight excluding hydrogens is 278 g/mol. The molecule has 1 N–H and O–H groups in total. The number of carbonyl (C=O) groups is 1. The first-order chi connectivity index (χ1) is 9.74. The van der Waals surface area contributed by atoms with Gasteiger partial charge in [0.25, 0.3) is 5.56 Å². The highest BCUT2D eigenvalue weighted by molar-refractivity contribution is 7.99. The lowest BCUT2D eigenvalue weighted by Gasteiger charge is -2.14. The summed E-state index contributed by atoms with van der Waals surface area (Å²) in [5.74, 6) is 0.689. The van der Waals surface area contributed by atoms with Gasteiger partial charge in [0.1, 0.15) is 0 Å². The molecule has 0 aromatic carbocycles. The van der Waals surface area contributed by atoms with Crippen LogP contribution in [-0.4, -0.2) is 40.5 Å². The van der Waals surface area contributed by atoms with Gasteiger partial charge < -0.3 is 10.1 Å². The molecule has 20 heavy (non-hydrogen) atoms. The van der Waals surface area contributed by atoms with Gasteiger partial charge in [0.2, 0.25) is 5.91 Å². The third-order valence-corrected chi connectivity index (χ3v) is 4.70. The summed E-state index contributed by atoms with van der Waals surface area (Å²) in [4.78, 5) is 28.0. The van der Waals surface area contributed by atoms with E-state index in [2.05, 4.69) is 10.3 Å². The molecule has 1 saturated heterocycles. The van der Waals surface area contributed by atoms with E-state index in [-0.39, 0.29) is 23.6 Å². The Morgan fingerprint density at radius 1 is 1.60 bits per heavy atom. The number of ether oxygens (including phenoxy) is 1. The number of aromatic nitrogens is 2. The molecule has 2 aliphatic heterocycles. The molecule has 6 nitrogen and oxygen atoms in total. The summed E-state index contributed by atoms with van der Waals surface area (Å²) in [6, 6.07) is 1.34. The van der Waals surface area contributed by atoms with Crippen LogP contribution in [0.15, 0.2) is 22.2 Å². The van der Waals surface area contributed by atoms with Crippen LogP contribution in [0.5, 0.6) is 0 Å². The van der Waals surface area contributed by atoms with Gasteiger partial charge in [-0.25, -0.2) is 4.98 Å². The summed E-state index contributed by atoms with van der Waals surface area (Å²) in [5, 5.41) is 3.60. The van der Waals surface area contributed by atoms with Crippen molar-refractivity contribution < 1.29 is 9.53 Å². The van der Waals surface area contributed by atoms with E-state index in [1.807, 2.05) is 0 Å². The van der Waals surface area contributed by atoms with Crippen molar-refractivity contribution in [3.05, 3.63) is 22.6 Å². The predicted octanol–water partition coefficient (Wildman–Crippen LogP) is 0.575. The minimum atomic E-state index is -0.0966. The zero-order valence-corrected chi connectivity index (χ0v) is 11.9. The second kappa shape index (κ2) is 5.97. The van der Waals surface area contributed by atoms with Crippen LogP contribution in [0.4, 0.5) is 0 Å². The first-order valence-corrected chi connectivity index (χ1v) is 7.81. The Hall–Kier alpha value is -1.34. The Bertz CT molecular complexity index is 554. The number of rotatable bonds is 4. The molecule has 7 heteroatoms. The van der Waals surface area contributed by atoms with E-state index in [0.717, 1.165) is 25.2 Å². The molecule has 1 amide bonds. The van der Waals surface area contributed by atoms with Gasteiger partial charge in [-0.2, -0.15) is 0 Å². The molecule has 2 unspecified atom stereocenters. The van der Waals surface area contributed by atoms with E-state index in [1.165, 1.54) is 24.0 Å². The van der Waals surface area contributed by atoms with Crippen LogP contribution in [0.2, 0.25) is 0 Å². The molecule has 1 fully saturated rings. The number of nitrogens with zero attached hydrogens (tertiary/aromatic N) is 2. The van der Waals surface area contributed by atoms with Gasteiger partial charge in [0.15, 0.2) is 5.16 Å². The van der Waals surface area contributed by atoms with Crippen LogP contribution in [0, 0.1) is 0 Å². The van der Waals surface area contributed by atoms with Crippen molar-refractivity contribution >= 4 is 17.7 Å². The molecule has 2 atom stereocenters. The molecule has 108 valence electrons. The van der Waals surface area contributed by atoms with Crippen LogP contribution in [0.1, 0.15) is 25.3 Å². The fourth-order valence-corrected chi connectivity index (χ4v) is 3.68. The fraction of sp³-hybridized carbons (Fsp3) is 0.615. The van der Waals surface area contributed by atoms with Crippen molar-refractivity contribution in [1.82, 2.24) is 14.9 Å². The number of thioether (sulfide) groups is 1. The molecule has 0 bridgehead atoms. The molecule has 3 rings (SSSR count). The monoisotopic (exact) mass is 295 g/mol. The number of fused-ring (bicyclic) bond motifs is 1. The summed E-state index contributed by atoms with van der Waals surface area (Å²) in [6.07, 6.45) is 4.05. The number of hydrogen-bond acceptors (Lipinski definition) is 5. The smallest absolute Gasteiger partial charge is 0.254 e. The van der Waals surface area contributed by atoms with Gasteiger partial charge in [-0.15, -0.1) is 0 Å². The molecule has 2 aliphatic rings. The van der Waals surface area contributed by atoms with E-state index in [9.17, 15) is 9.59 Å². The van der Waals surface area contributed by atoms with Crippen molar-refractivity contribution in [2.24, 2.45) is 0 Å². The van der Waals surface area contributed by atoms with Crippen LogP contribution in [-0.2, 0) is 9.53 Å². The maximum Gasteiger partial charge on any atom is 0.254 e. The van der Waals surface area contributed by atoms with Gasteiger partial charge in [-0.3, -0.25) is 14.2 Å². The molecule has 1 aromatic rings. The normalized spacial score (nSPS) is 24.6. The molecule has 0 spiro atoms. The van der Waals surface area contributed by atoms with Crippen molar-refractivity contribution in [2.45, 2.75) is 36.6 Å². The summed E-state index contributed by atoms with van der Waals surface area (Å²) in [7, 11) is 0. The summed E-state index contributed by atoms with van der Waals surface area (Å²) in [6.45, 7) is 1.35. The quantitative estimate of drug-likeness (QED) is 0.822. The van der Waals surface area contributed by atoms with Crippen molar-refractivity contribution in [3.8, 4) is 0 Å². The second-order valence-electron chi connectivity index (χ2n) is 5.04. The SMILES string of the molecule is O=C(CC1CSc2nccc(=O)n21)NCC1CCCO1. The molecule has 1 aromatic heterocycles. The zero-order valence-electron chi connectivity index (χ0n) is 11.1.